The van der Waals surface area contributed by atoms with E-state index < -0.39 is 0 Å². The molecule has 2 heterocycles. The van der Waals surface area contributed by atoms with Crippen LogP contribution in [0.2, 0.25) is 0 Å². The van der Waals surface area contributed by atoms with Gasteiger partial charge in [0.25, 0.3) is 0 Å². The van der Waals surface area contributed by atoms with E-state index in [1.165, 1.54) is 11.3 Å². The Bertz CT molecular complexity index is 524. The number of nitrogens with zero attached hydrogens (tertiary/aromatic N) is 2. The van der Waals surface area contributed by atoms with Crippen LogP contribution in [0, 0.1) is 0 Å². The Morgan fingerprint density at radius 3 is 3.20 bits per heavy atom. The Labute approximate surface area is 121 Å². The van der Waals surface area contributed by atoms with Crippen LogP contribution in [0.25, 0.3) is 0 Å². The van der Waals surface area contributed by atoms with Crippen LogP contribution >= 0.6 is 11.3 Å². The monoisotopic (exact) mass is 294 g/mol. The van der Waals surface area contributed by atoms with Crippen LogP contribution in [0.15, 0.2) is 17.8 Å². The third kappa shape index (κ3) is 4.65. The molecule has 0 aliphatic rings. The predicted octanol–water partition coefficient (Wildman–Crippen LogP) is 2.02. The molecule has 0 aliphatic carbocycles. The number of carbonyl (C=O) groups is 1. The lowest BCUT2D eigenvalue weighted by Crippen LogP contribution is -2.08. The molecule has 0 fully saturated rings. The highest BCUT2D eigenvalue weighted by atomic mass is 32.1. The van der Waals surface area contributed by atoms with Crippen molar-refractivity contribution >= 4 is 22.4 Å². The number of aryl methyl sites for hydroxylation is 1. The lowest BCUT2D eigenvalue weighted by atomic mass is 10.3. The minimum Gasteiger partial charge on any atom is -0.466 e. The molecule has 2 rings (SSSR count). The summed E-state index contributed by atoms with van der Waals surface area (Å²) in [6.45, 7) is 3.03. The number of nitrogens with one attached hydrogen (secondary N) is 2. The molecule has 2 N–H and O–H groups in total. The zero-order chi connectivity index (χ0) is 14.2. The molecular weight excluding hydrogens is 276 g/mol. The molecule has 0 bridgehead atoms. The molecule has 0 radical (unpaired) electrons. The van der Waals surface area contributed by atoms with Gasteiger partial charge in [-0.05, 0) is 13.3 Å². The maximum Gasteiger partial charge on any atom is 0.311 e. The first-order chi connectivity index (χ1) is 9.78. The molecule has 2 aromatic heterocycles. The van der Waals surface area contributed by atoms with Crippen molar-refractivity contribution < 1.29 is 9.53 Å². The minimum absolute atomic E-state index is 0.234. The van der Waals surface area contributed by atoms with E-state index in [1.54, 1.807) is 13.1 Å². The predicted molar refractivity (Wildman–Crippen MR) is 77.8 cm³/mol. The molecule has 0 aromatic carbocycles. The van der Waals surface area contributed by atoms with Crippen molar-refractivity contribution in [1.29, 1.82) is 0 Å². The van der Waals surface area contributed by atoms with Crippen LogP contribution in [0.4, 0.5) is 5.13 Å². The second-order valence-corrected chi connectivity index (χ2v) is 5.05. The first kappa shape index (κ1) is 14.5. The van der Waals surface area contributed by atoms with E-state index in [-0.39, 0.29) is 12.4 Å². The standard InChI is InChI=1S/C13H18N4O2S/c1-2-19-12(18)8-10-9-20-13(17-10)16-5-3-4-11-14-6-7-15-11/h6-7,9H,2-5,8H2,1H3,(H,14,15)(H,16,17). The van der Waals surface area contributed by atoms with Crippen molar-refractivity contribution in [3.05, 3.63) is 29.3 Å². The zero-order valence-corrected chi connectivity index (χ0v) is 12.2. The average Bonchev–Trinajstić information content (AvgIpc) is 3.06. The van der Waals surface area contributed by atoms with Gasteiger partial charge >= 0.3 is 5.97 Å². The Hall–Kier alpha value is -1.89. The summed E-state index contributed by atoms with van der Waals surface area (Å²) >= 11 is 1.50. The smallest absolute Gasteiger partial charge is 0.311 e. The molecule has 0 unspecified atom stereocenters. The van der Waals surface area contributed by atoms with Crippen LogP contribution in [0.3, 0.4) is 0 Å². The van der Waals surface area contributed by atoms with Crippen LogP contribution in [-0.2, 0) is 22.4 Å². The fourth-order valence-corrected chi connectivity index (χ4v) is 2.45. The van der Waals surface area contributed by atoms with Crippen LogP contribution in [-0.4, -0.2) is 34.1 Å². The van der Waals surface area contributed by atoms with E-state index in [1.807, 2.05) is 11.6 Å². The van der Waals surface area contributed by atoms with Gasteiger partial charge in [0.2, 0.25) is 0 Å². The number of aromatic amines is 1. The molecule has 0 saturated carbocycles. The molecule has 0 amide bonds. The number of carbonyl (C=O) groups excluding carboxylic acids is 1. The van der Waals surface area contributed by atoms with E-state index in [2.05, 4.69) is 20.3 Å². The third-order valence-corrected chi connectivity index (χ3v) is 3.45. The van der Waals surface area contributed by atoms with Gasteiger partial charge in [0, 0.05) is 30.7 Å². The largest absolute Gasteiger partial charge is 0.466 e. The van der Waals surface area contributed by atoms with Crippen molar-refractivity contribution in [2.75, 3.05) is 18.5 Å². The summed E-state index contributed by atoms with van der Waals surface area (Å²) < 4.78 is 4.89. The highest BCUT2D eigenvalue weighted by Gasteiger charge is 2.08. The zero-order valence-electron chi connectivity index (χ0n) is 11.4. The molecule has 108 valence electrons. The molecule has 0 spiro atoms. The van der Waals surface area contributed by atoms with E-state index in [9.17, 15) is 4.79 Å². The maximum atomic E-state index is 11.3. The number of thiazole rings is 1. The highest BCUT2D eigenvalue weighted by Crippen LogP contribution is 2.16. The van der Waals surface area contributed by atoms with E-state index in [0.29, 0.717) is 6.61 Å². The van der Waals surface area contributed by atoms with Crippen molar-refractivity contribution in [2.45, 2.75) is 26.2 Å². The Morgan fingerprint density at radius 1 is 1.55 bits per heavy atom. The Kier molecular flexibility index (Phi) is 5.55. The Balaban J connectivity index is 1.68. The fourth-order valence-electron chi connectivity index (χ4n) is 1.72. The highest BCUT2D eigenvalue weighted by molar-refractivity contribution is 7.13. The number of rotatable bonds is 8. The lowest BCUT2D eigenvalue weighted by Gasteiger charge is -2.01. The van der Waals surface area contributed by atoms with Crippen molar-refractivity contribution in [3.8, 4) is 0 Å². The normalized spacial score (nSPS) is 10.4. The summed E-state index contributed by atoms with van der Waals surface area (Å²) in [6.07, 6.45) is 5.69. The van der Waals surface area contributed by atoms with Gasteiger partial charge in [0.15, 0.2) is 5.13 Å². The fraction of sp³-hybridized carbons (Fsp3) is 0.462. The summed E-state index contributed by atoms with van der Waals surface area (Å²) in [7, 11) is 0. The number of imidazole rings is 1. The molecule has 0 saturated heterocycles. The van der Waals surface area contributed by atoms with Crippen LogP contribution in [0.5, 0.6) is 0 Å². The summed E-state index contributed by atoms with van der Waals surface area (Å²) in [5.74, 6) is 0.760. The number of hydrogen-bond donors (Lipinski definition) is 2. The Morgan fingerprint density at radius 2 is 2.45 bits per heavy atom. The minimum atomic E-state index is -0.234. The topological polar surface area (TPSA) is 79.9 Å². The number of esters is 1. The number of hydrogen-bond acceptors (Lipinski definition) is 6. The number of ether oxygens (including phenoxy) is 1. The van der Waals surface area contributed by atoms with E-state index in [4.69, 9.17) is 4.74 Å². The quantitative estimate of drug-likeness (QED) is 0.575. The van der Waals surface area contributed by atoms with Gasteiger partial charge in [-0.3, -0.25) is 4.79 Å². The molecule has 7 heteroatoms. The van der Waals surface area contributed by atoms with Gasteiger partial charge in [0.1, 0.15) is 5.82 Å². The van der Waals surface area contributed by atoms with Crippen molar-refractivity contribution in [3.63, 3.8) is 0 Å². The first-order valence-corrected chi connectivity index (χ1v) is 7.48. The van der Waals surface area contributed by atoms with Gasteiger partial charge in [0.05, 0.1) is 18.7 Å². The molecule has 6 nitrogen and oxygen atoms in total. The average molecular weight is 294 g/mol. The van der Waals surface area contributed by atoms with Gasteiger partial charge in [-0.25, -0.2) is 9.97 Å². The van der Waals surface area contributed by atoms with Gasteiger partial charge < -0.3 is 15.0 Å². The van der Waals surface area contributed by atoms with Crippen molar-refractivity contribution in [2.24, 2.45) is 0 Å². The van der Waals surface area contributed by atoms with Gasteiger partial charge in [-0.15, -0.1) is 11.3 Å². The van der Waals surface area contributed by atoms with Gasteiger partial charge in [-0.2, -0.15) is 0 Å². The molecular formula is C13H18N4O2S. The summed E-state index contributed by atoms with van der Waals surface area (Å²) in [5.41, 5.74) is 0.752. The third-order valence-electron chi connectivity index (χ3n) is 2.60. The molecule has 2 aromatic rings. The SMILES string of the molecule is CCOC(=O)Cc1csc(NCCCc2ncc[nH]2)n1. The van der Waals surface area contributed by atoms with Gasteiger partial charge in [-0.1, -0.05) is 0 Å². The number of aromatic nitrogens is 3. The molecule has 20 heavy (non-hydrogen) atoms. The van der Waals surface area contributed by atoms with E-state index in [0.717, 1.165) is 36.0 Å². The maximum absolute atomic E-state index is 11.3. The van der Waals surface area contributed by atoms with Crippen molar-refractivity contribution in [1.82, 2.24) is 15.0 Å². The van der Waals surface area contributed by atoms with Crippen LogP contribution in [0.1, 0.15) is 24.9 Å². The summed E-state index contributed by atoms with van der Waals surface area (Å²) in [6, 6.07) is 0. The summed E-state index contributed by atoms with van der Waals surface area (Å²) in [4.78, 5) is 22.9. The number of H-pyrrole nitrogens is 1. The molecule has 0 aliphatic heterocycles. The van der Waals surface area contributed by atoms with Crippen LogP contribution < -0.4 is 5.32 Å². The van der Waals surface area contributed by atoms with E-state index >= 15 is 0 Å². The number of anilines is 1. The molecule has 0 atom stereocenters. The second-order valence-electron chi connectivity index (χ2n) is 4.19. The lowest BCUT2D eigenvalue weighted by molar-refractivity contribution is -0.142. The summed E-state index contributed by atoms with van der Waals surface area (Å²) in [5, 5.41) is 5.96. The second kappa shape index (κ2) is 7.64. The first-order valence-electron chi connectivity index (χ1n) is 6.60.